The van der Waals surface area contributed by atoms with Crippen molar-refractivity contribution in [3.05, 3.63) is 82.9 Å². The summed E-state index contributed by atoms with van der Waals surface area (Å²) in [7, 11) is 0. The Bertz CT molecular complexity index is 1960. The van der Waals surface area contributed by atoms with Crippen molar-refractivity contribution in [2.45, 2.75) is 128 Å². The largest absolute Gasteiger partial charge is 0.459 e. The van der Waals surface area contributed by atoms with Gasteiger partial charge in [0.05, 0.1) is 29.7 Å². The third kappa shape index (κ3) is 8.13. The normalized spacial score (nSPS) is 32.6. The highest BCUT2D eigenvalue weighted by atomic mass is 16.6. The van der Waals surface area contributed by atoms with E-state index in [0.717, 1.165) is 6.92 Å². The standard InChI is InChI=1S/C43H55NO15/c1-22-26(57-37(52)32(49)30(24-15-11-9-12-16-24)44-38(53)59-39(3,4)5)20-43(55)35(58-36(51)25-17-13-10-14-18-25)33-41(8,34(50)31(48)29(22)40(43,6)7)27(47)19-28(56-23(2)46)42(33,54)21-45/h9-18,26-28,30-33,35,45,47-49,54-55H,19-21H2,1-8H3,(H,44,53)/t26-,27-,28+,30-,31+,32+,33?,35-,41+,42-,43+/m0/s1. The van der Waals surface area contributed by atoms with E-state index in [4.69, 9.17) is 18.9 Å². The van der Waals surface area contributed by atoms with Gasteiger partial charge in [0.15, 0.2) is 11.9 Å². The van der Waals surface area contributed by atoms with Gasteiger partial charge in [-0.3, -0.25) is 9.59 Å². The van der Waals surface area contributed by atoms with Gasteiger partial charge in [-0.2, -0.15) is 0 Å². The van der Waals surface area contributed by atoms with Gasteiger partial charge in [-0.25, -0.2) is 14.4 Å². The molecule has 1 amide bonds. The highest BCUT2D eigenvalue weighted by Crippen LogP contribution is 2.62. The first-order valence-electron chi connectivity index (χ1n) is 19.4. The highest BCUT2D eigenvalue weighted by molar-refractivity contribution is 5.94. The number of ether oxygens (including phenoxy) is 4. The van der Waals surface area contributed by atoms with E-state index in [1.54, 1.807) is 57.2 Å². The van der Waals surface area contributed by atoms with Crippen LogP contribution in [0.5, 0.6) is 0 Å². The number of amides is 1. The van der Waals surface area contributed by atoms with Crippen LogP contribution in [0.4, 0.5) is 4.79 Å². The Labute approximate surface area is 342 Å². The molecular weight excluding hydrogens is 770 g/mol. The molecule has 0 aromatic heterocycles. The summed E-state index contributed by atoms with van der Waals surface area (Å²) >= 11 is 0. The number of benzene rings is 2. The number of nitrogens with one attached hydrogen (secondary N) is 1. The molecule has 2 aromatic rings. The van der Waals surface area contributed by atoms with Crippen molar-refractivity contribution in [2.75, 3.05) is 6.61 Å². The fourth-order valence-corrected chi connectivity index (χ4v) is 9.18. The smallest absolute Gasteiger partial charge is 0.408 e. The molecule has 2 saturated carbocycles. The second kappa shape index (κ2) is 16.4. The fourth-order valence-electron chi connectivity index (χ4n) is 9.18. The molecule has 0 saturated heterocycles. The van der Waals surface area contributed by atoms with Crippen LogP contribution in [0.25, 0.3) is 0 Å². The predicted molar refractivity (Wildman–Crippen MR) is 207 cm³/mol. The highest BCUT2D eigenvalue weighted by Gasteiger charge is 2.74. The Morgan fingerprint density at radius 3 is 2.03 bits per heavy atom. The zero-order chi connectivity index (χ0) is 44.0. The Morgan fingerprint density at radius 1 is 0.915 bits per heavy atom. The summed E-state index contributed by atoms with van der Waals surface area (Å²) in [5.74, 6) is -6.40. The number of fused-ring (bicyclic) bond motifs is 3. The zero-order valence-electron chi connectivity index (χ0n) is 34.4. The molecule has 11 atom stereocenters. The molecule has 16 heteroatoms. The molecule has 59 heavy (non-hydrogen) atoms. The Balaban J connectivity index is 1.68. The molecule has 0 aliphatic heterocycles. The van der Waals surface area contributed by atoms with Crippen molar-refractivity contribution in [3.63, 3.8) is 0 Å². The van der Waals surface area contributed by atoms with Crippen LogP contribution < -0.4 is 5.32 Å². The molecule has 1 unspecified atom stereocenters. The number of hydrogen-bond acceptors (Lipinski definition) is 15. The SMILES string of the molecule is CC(=O)O[C@@H]1C[C@H](O)[C@@]2(C)C(=O)[C@H](O)C3=C(C)[C@@H](OC(=O)[C@H](O)[C@@H](NC(=O)OC(C)(C)C)c4ccccc4)C[C@@](O)([C@@H](OC(=O)c4ccccc4)C2[C@]1(O)CO)C3(C)C. The zero-order valence-corrected chi connectivity index (χ0v) is 34.4. The van der Waals surface area contributed by atoms with Crippen LogP contribution in [0, 0.1) is 16.7 Å². The lowest BCUT2D eigenvalue weighted by Crippen LogP contribution is -2.78. The Morgan fingerprint density at radius 2 is 1.49 bits per heavy atom. The van der Waals surface area contributed by atoms with Gasteiger partial charge in [-0.15, -0.1) is 0 Å². The number of carbonyl (C=O) groups is 5. The summed E-state index contributed by atoms with van der Waals surface area (Å²) in [5.41, 5.74) is -10.1. The maximum absolute atomic E-state index is 14.9. The van der Waals surface area contributed by atoms with Crippen LogP contribution >= 0.6 is 0 Å². The van der Waals surface area contributed by atoms with Crippen molar-refractivity contribution < 1.29 is 73.6 Å². The van der Waals surface area contributed by atoms with Crippen molar-refractivity contribution in [3.8, 4) is 0 Å². The van der Waals surface area contributed by atoms with Crippen molar-refractivity contribution in [1.82, 2.24) is 5.32 Å². The van der Waals surface area contributed by atoms with Crippen LogP contribution in [-0.4, -0.2) is 120 Å². The van der Waals surface area contributed by atoms with Gasteiger partial charge in [0.2, 0.25) is 0 Å². The molecule has 16 nitrogen and oxygen atoms in total. The Kier molecular flexibility index (Phi) is 12.6. The van der Waals surface area contributed by atoms with Crippen molar-refractivity contribution >= 4 is 29.8 Å². The quantitative estimate of drug-likeness (QED) is 0.109. The molecule has 3 aliphatic rings. The van der Waals surface area contributed by atoms with E-state index in [2.05, 4.69) is 5.32 Å². The number of aliphatic hydroxyl groups excluding tert-OH is 4. The molecule has 7 N–H and O–H groups in total. The maximum Gasteiger partial charge on any atom is 0.408 e. The summed E-state index contributed by atoms with van der Waals surface area (Å²) in [6.45, 7) is 10.2. The van der Waals surface area contributed by atoms with Crippen LogP contribution in [0.3, 0.4) is 0 Å². The summed E-state index contributed by atoms with van der Waals surface area (Å²) < 4.78 is 22.8. The van der Waals surface area contributed by atoms with Gasteiger partial charge in [0.25, 0.3) is 0 Å². The van der Waals surface area contributed by atoms with E-state index in [1.165, 1.54) is 52.0 Å². The van der Waals surface area contributed by atoms with Gasteiger partial charge < -0.3 is 54.9 Å². The maximum atomic E-state index is 14.9. The van der Waals surface area contributed by atoms with E-state index in [0.29, 0.717) is 5.56 Å². The van der Waals surface area contributed by atoms with Gasteiger partial charge >= 0.3 is 24.0 Å². The third-order valence-corrected chi connectivity index (χ3v) is 12.3. The first kappa shape index (κ1) is 45.4. The lowest BCUT2D eigenvalue weighted by atomic mass is 9.45. The van der Waals surface area contributed by atoms with E-state index in [-0.39, 0.29) is 16.7 Å². The van der Waals surface area contributed by atoms with Crippen LogP contribution in [0.2, 0.25) is 0 Å². The summed E-state index contributed by atoms with van der Waals surface area (Å²) in [6.07, 6.45) is -13.7. The van der Waals surface area contributed by atoms with E-state index in [9.17, 15) is 54.6 Å². The average Bonchev–Trinajstić information content (AvgIpc) is 3.16. The monoisotopic (exact) mass is 825 g/mol. The predicted octanol–water partition coefficient (Wildman–Crippen LogP) is 2.21. The third-order valence-electron chi connectivity index (χ3n) is 12.3. The first-order valence-corrected chi connectivity index (χ1v) is 19.4. The molecule has 0 heterocycles. The molecule has 322 valence electrons. The number of esters is 3. The van der Waals surface area contributed by atoms with Gasteiger partial charge in [0, 0.05) is 31.1 Å². The van der Waals surface area contributed by atoms with Gasteiger partial charge in [-0.05, 0) is 63.5 Å². The molecule has 2 fully saturated rings. The summed E-state index contributed by atoms with van der Waals surface area (Å²) in [5, 5.41) is 74.8. The molecule has 2 aromatic carbocycles. The molecule has 0 spiro atoms. The van der Waals surface area contributed by atoms with Crippen LogP contribution in [0.15, 0.2) is 71.8 Å². The number of hydrogen-bond donors (Lipinski definition) is 7. The minimum Gasteiger partial charge on any atom is -0.459 e. The minimum atomic E-state index is -2.71. The second-order valence-electron chi connectivity index (χ2n) is 17.5. The Hall–Kier alpha value is -4.71. The topological polar surface area (TPSA) is 256 Å². The number of carbonyl (C=O) groups excluding carboxylic acids is 5. The summed E-state index contributed by atoms with van der Waals surface area (Å²) in [4.78, 5) is 68.2. The molecule has 5 rings (SSSR count). The number of aliphatic hydroxyl groups is 6. The van der Waals surface area contributed by atoms with E-state index >= 15 is 0 Å². The van der Waals surface area contributed by atoms with Crippen LogP contribution in [-0.2, 0) is 33.3 Å². The fraction of sp³-hybridized carbons (Fsp3) is 0.558. The molecule has 2 bridgehead atoms. The molecule has 0 radical (unpaired) electrons. The summed E-state index contributed by atoms with van der Waals surface area (Å²) in [6, 6.07) is 14.1. The number of alkyl carbamates (subject to hydrolysis) is 1. The number of Topliss-reactive ketones (excluding diaryl/α,β-unsaturated/α-hetero) is 1. The molecule has 3 aliphatic carbocycles. The number of ketones is 1. The van der Waals surface area contributed by atoms with Gasteiger partial charge in [0.1, 0.15) is 41.2 Å². The van der Waals surface area contributed by atoms with Crippen LogP contribution in [0.1, 0.15) is 90.2 Å². The number of rotatable bonds is 9. The lowest BCUT2D eigenvalue weighted by molar-refractivity contribution is -0.287. The van der Waals surface area contributed by atoms with E-state index in [1.807, 2.05) is 0 Å². The lowest BCUT2D eigenvalue weighted by Gasteiger charge is -2.64. The average molecular weight is 826 g/mol. The molecular formula is C43H55NO15. The van der Waals surface area contributed by atoms with E-state index < -0.39 is 125 Å². The second-order valence-corrected chi connectivity index (χ2v) is 17.5. The van der Waals surface area contributed by atoms with Gasteiger partial charge in [-0.1, -0.05) is 62.4 Å². The van der Waals surface area contributed by atoms with Crippen molar-refractivity contribution in [2.24, 2.45) is 16.7 Å². The van der Waals surface area contributed by atoms with Crippen molar-refractivity contribution in [1.29, 1.82) is 0 Å². The first-order chi connectivity index (χ1) is 27.3. The minimum absolute atomic E-state index is 0.0252.